The Morgan fingerprint density at radius 1 is 1.57 bits per heavy atom. The van der Waals surface area contributed by atoms with Gasteiger partial charge in [-0.2, -0.15) is 0 Å². The molecule has 0 spiro atoms. The lowest BCUT2D eigenvalue weighted by Gasteiger charge is -2.25. The second-order valence-corrected chi connectivity index (χ2v) is 7.43. The summed E-state index contributed by atoms with van der Waals surface area (Å²) < 4.78 is 0.0659. The number of hydrogen-bond acceptors (Lipinski definition) is 2. The molecule has 0 bridgehead atoms. The van der Waals surface area contributed by atoms with Gasteiger partial charge in [-0.05, 0) is 46.7 Å². The van der Waals surface area contributed by atoms with E-state index >= 15 is 0 Å². The first-order chi connectivity index (χ1) is 6.32. The zero-order valence-electron chi connectivity index (χ0n) is 9.55. The smallest absolute Gasteiger partial charge is 0.0556 e. The summed E-state index contributed by atoms with van der Waals surface area (Å²) in [6.07, 6.45) is 4.88. The van der Waals surface area contributed by atoms with Crippen molar-refractivity contribution in [3.05, 3.63) is 11.8 Å². The minimum absolute atomic E-state index is 0.0659. The Balaban J connectivity index is 2.56. The van der Waals surface area contributed by atoms with E-state index in [1.807, 2.05) is 0 Å². The number of hydrogen-bond donors (Lipinski definition) is 1. The molecule has 0 amide bonds. The molecule has 0 saturated heterocycles. The molecule has 0 aromatic heterocycles. The summed E-state index contributed by atoms with van der Waals surface area (Å²) >= 11 is 2.38. The van der Waals surface area contributed by atoms with E-state index in [0.717, 1.165) is 11.7 Å². The van der Waals surface area contributed by atoms with Crippen LogP contribution in [0.1, 0.15) is 33.6 Å². The van der Waals surface area contributed by atoms with Crippen LogP contribution in [0.3, 0.4) is 0 Å². The molecule has 0 radical (unpaired) electrons. The number of likely N-dealkylation sites (N-methyl/N-ethyl adjacent to an activating group) is 1. The van der Waals surface area contributed by atoms with Gasteiger partial charge < -0.3 is 5.73 Å². The number of rotatable bonds is 4. The lowest BCUT2D eigenvalue weighted by atomic mass is 10.1. The average Bonchev–Trinajstić information content (AvgIpc) is 2.83. The summed E-state index contributed by atoms with van der Waals surface area (Å²) in [5.41, 5.74) is 7.02. The number of allylic oxidation sites excluding steroid dienone is 1. The van der Waals surface area contributed by atoms with Crippen molar-refractivity contribution in [2.75, 3.05) is 7.05 Å². The predicted molar refractivity (Wildman–Crippen MR) is 70.6 cm³/mol. The molecule has 1 atom stereocenters. The van der Waals surface area contributed by atoms with Gasteiger partial charge in [0.05, 0.1) is 3.42 Å². The van der Waals surface area contributed by atoms with E-state index < -0.39 is 0 Å². The quantitative estimate of drug-likeness (QED) is 0.639. The molecule has 0 heterocycles. The van der Waals surface area contributed by atoms with Crippen molar-refractivity contribution in [2.24, 2.45) is 5.73 Å². The highest BCUT2D eigenvalue weighted by Gasteiger charge is 2.29. The van der Waals surface area contributed by atoms with Gasteiger partial charge in [0.1, 0.15) is 0 Å². The van der Waals surface area contributed by atoms with Crippen molar-refractivity contribution in [3.63, 3.8) is 0 Å². The minimum Gasteiger partial charge on any atom is -0.401 e. The lowest BCUT2D eigenvalue weighted by Crippen LogP contribution is -2.32. The molecule has 1 unspecified atom stereocenters. The van der Waals surface area contributed by atoms with Crippen LogP contribution in [-0.2, 0) is 0 Å². The second-order valence-electron chi connectivity index (χ2n) is 4.73. The maximum absolute atomic E-state index is 6.04. The fourth-order valence-corrected chi connectivity index (χ4v) is 1.57. The van der Waals surface area contributed by atoms with Gasteiger partial charge >= 0.3 is 0 Å². The van der Waals surface area contributed by atoms with Gasteiger partial charge in [0.15, 0.2) is 0 Å². The van der Waals surface area contributed by atoms with Gasteiger partial charge in [0.2, 0.25) is 0 Å². The summed E-state index contributed by atoms with van der Waals surface area (Å²) in [7, 11) is 2.19. The molecular weight excluding hydrogens is 287 g/mol. The van der Waals surface area contributed by atoms with E-state index in [2.05, 4.69) is 61.4 Å². The van der Waals surface area contributed by atoms with Crippen LogP contribution in [0.2, 0.25) is 0 Å². The molecule has 1 saturated carbocycles. The summed E-state index contributed by atoms with van der Waals surface area (Å²) in [4.78, 5) is 2.41. The molecular formula is C11H21IN2. The van der Waals surface area contributed by atoms with Crippen molar-refractivity contribution < 1.29 is 0 Å². The Morgan fingerprint density at radius 3 is 2.43 bits per heavy atom. The van der Waals surface area contributed by atoms with Gasteiger partial charge in [-0.3, -0.25) is 4.90 Å². The minimum atomic E-state index is 0.0659. The van der Waals surface area contributed by atoms with E-state index in [1.165, 1.54) is 12.8 Å². The predicted octanol–water partition coefficient (Wildman–Crippen LogP) is 2.53. The topological polar surface area (TPSA) is 29.3 Å². The highest BCUT2D eigenvalue weighted by Crippen LogP contribution is 2.29. The molecule has 0 aromatic rings. The van der Waals surface area contributed by atoms with Crippen LogP contribution < -0.4 is 5.73 Å². The van der Waals surface area contributed by atoms with Gasteiger partial charge in [0, 0.05) is 17.8 Å². The Morgan fingerprint density at radius 2 is 2.07 bits per heavy atom. The average molecular weight is 308 g/mol. The summed E-state index contributed by atoms with van der Waals surface area (Å²) in [5.74, 6) is 0. The fraction of sp³-hybridized carbons (Fsp3) is 0.818. The van der Waals surface area contributed by atoms with Gasteiger partial charge in [0.25, 0.3) is 0 Å². The van der Waals surface area contributed by atoms with Crippen molar-refractivity contribution in [1.29, 1.82) is 0 Å². The Kier molecular flexibility index (Phi) is 3.86. The SMILES string of the molecule is CC(/C=C(\N)C(C)(C)I)N(C)C1CC1. The first-order valence-corrected chi connectivity index (χ1v) is 6.29. The summed E-state index contributed by atoms with van der Waals surface area (Å²) in [6, 6.07) is 1.25. The molecule has 14 heavy (non-hydrogen) atoms. The third-order valence-electron chi connectivity index (χ3n) is 2.87. The van der Waals surface area contributed by atoms with E-state index in [9.17, 15) is 0 Å². The van der Waals surface area contributed by atoms with Crippen LogP contribution >= 0.6 is 22.6 Å². The molecule has 1 rings (SSSR count). The zero-order chi connectivity index (χ0) is 10.9. The van der Waals surface area contributed by atoms with E-state index in [-0.39, 0.29) is 3.42 Å². The number of nitrogens with two attached hydrogens (primary N) is 1. The molecule has 82 valence electrons. The molecule has 0 aliphatic heterocycles. The largest absolute Gasteiger partial charge is 0.401 e. The van der Waals surface area contributed by atoms with Gasteiger partial charge in [-0.15, -0.1) is 0 Å². The zero-order valence-corrected chi connectivity index (χ0v) is 11.7. The summed E-state index contributed by atoms with van der Waals surface area (Å²) in [5, 5.41) is 0. The highest BCUT2D eigenvalue weighted by molar-refractivity contribution is 14.1. The molecule has 3 heteroatoms. The first kappa shape index (κ1) is 12.3. The Hall–Kier alpha value is 0.230. The van der Waals surface area contributed by atoms with Crippen LogP contribution in [0.5, 0.6) is 0 Å². The van der Waals surface area contributed by atoms with Crippen molar-refractivity contribution in [2.45, 2.75) is 49.1 Å². The highest BCUT2D eigenvalue weighted by atomic mass is 127. The van der Waals surface area contributed by atoms with Crippen molar-refractivity contribution in [3.8, 4) is 0 Å². The number of alkyl halides is 1. The molecule has 2 nitrogen and oxygen atoms in total. The fourth-order valence-electron chi connectivity index (χ4n) is 1.39. The van der Waals surface area contributed by atoms with Crippen LogP contribution in [0.4, 0.5) is 0 Å². The molecule has 0 aromatic carbocycles. The number of halogens is 1. The normalized spacial score (nSPS) is 21.4. The third kappa shape index (κ3) is 3.42. The standard InChI is InChI=1S/C11H21IN2/c1-8(14(4)9-5-6-9)7-10(13)11(2,3)12/h7-9H,5-6,13H2,1-4H3/b10-7-. The first-order valence-electron chi connectivity index (χ1n) is 5.21. The molecule has 1 aliphatic carbocycles. The Labute approximate surface area is 101 Å². The van der Waals surface area contributed by atoms with Gasteiger partial charge in [-0.25, -0.2) is 0 Å². The van der Waals surface area contributed by atoms with E-state index in [1.54, 1.807) is 0 Å². The lowest BCUT2D eigenvalue weighted by molar-refractivity contribution is 0.285. The van der Waals surface area contributed by atoms with E-state index in [0.29, 0.717) is 6.04 Å². The summed E-state index contributed by atoms with van der Waals surface area (Å²) in [6.45, 7) is 6.50. The van der Waals surface area contributed by atoms with Crippen LogP contribution in [0.15, 0.2) is 11.8 Å². The van der Waals surface area contributed by atoms with Crippen molar-refractivity contribution in [1.82, 2.24) is 4.90 Å². The van der Waals surface area contributed by atoms with Crippen LogP contribution in [-0.4, -0.2) is 27.5 Å². The van der Waals surface area contributed by atoms with Crippen molar-refractivity contribution >= 4 is 22.6 Å². The molecule has 1 aliphatic rings. The third-order valence-corrected chi connectivity index (χ3v) is 3.50. The maximum atomic E-state index is 6.04. The monoisotopic (exact) mass is 308 g/mol. The molecule has 2 N–H and O–H groups in total. The van der Waals surface area contributed by atoms with Gasteiger partial charge in [-0.1, -0.05) is 22.6 Å². The van der Waals surface area contributed by atoms with Crippen LogP contribution in [0.25, 0.3) is 0 Å². The van der Waals surface area contributed by atoms with E-state index in [4.69, 9.17) is 5.73 Å². The Bertz CT molecular complexity index is 226. The molecule has 1 fully saturated rings. The second kappa shape index (κ2) is 4.39. The van der Waals surface area contributed by atoms with Crippen LogP contribution in [0, 0.1) is 0 Å². The number of nitrogens with zero attached hydrogens (tertiary/aromatic N) is 1. The maximum Gasteiger partial charge on any atom is 0.0556 e.